The smallest absolute Gasteiger partial charge is 0.306 e. The fourth-order valence-corrected chi connectivity index (χ4v) is 3.14. The van der Waals surface area contributed by atoms with Crippen LogP contribution in [0.1, 0.15) is 39.5 Å². The molecule has 2 aliphatic rings. The lowest BCUT2D eigenvalue weighted by Gasteiger charge is -2.48. The van der Waals surface area contributed by atoms with Gasteiger partial charge in [0.2, 0.25) is 0 Å². The predicted octanol–water partition coefficient (Wildman–Crippen LogP) is 1.74. The van der Waals surface area contributed by atoms with Gasteiger partial charge < -0.3 is 9.84 Å². The van der Waals surface area contributed by atoms with Crippen LogP contribution in [0.3, 0.4) is 0 Å². The van der Waals surface area contributed by atoms with E-state index in [-0.39, 0.29) is 5.92 Å². The van der Waals surface area contributed by atoms with Crippen LogP contribution in [0.5, 0.6) is 0 Å². The standard InChI is InChI=1S/C13H23NO3/c1-3-17-12-7-11(8-12)14-5-4-10(13(15)16)6-9(14)2/h9-12H,3-8H2,1-2H3,(H,15,16). The Morgan fingerprint density at radius 3 is 2.65 bits per heavy atom. The van der Waals surface area contributed by atoms with Gasteiger partial charge in [-0.25, -0.2) is 0 Å². The average Bonchev–Trinajstić information content (AvgIpc) is 2.23. The van der Waals surface area contributed by atoms with Crippen molar-refractivity contribution in [1.29, 1.82) is 0 Å². The van der Waals surface area contributed by atoms with Crippen LogP contribution in [0.4, 0.5) is 0 Å². The molecule has 17 heavy (non-hydrogen) atoms. The largest absolute Gasteiger partial charge is 0.481 e. The fraction of sp³-hybridized carbons (Fsp3) is 0.923. The minimum atomic E-state index is -0.627. The van der Waals surface area contributed by atoms with Crippen molar-refractivity contribution < 1.29 is 14.6 Å². The van der Waals surface area contributed by atoms with Gasteiger partial charge in [0.25, 0.3) is 0 Å². The number of aliphatic carboxylic acids is 1. The minimum absolute atomic E-state index is 0.135. The summed E-state index contributed by atoms with van der Waals surface area (Å²) in [7, 11) is 0. The van der Waals surface area contributed by atoms with E-state index < -0.39 is 5.97 Å². The molecule has 1 aliphatic carbocycles. The Labute approximate surface area is 103 Å². The Morgan fingerprint density at radius 2 is 2.12 bits per heavy atom. The van der Waals surface area contributed by atoms with Gasteiger partial charge in [0.05, 0.1) is 12.0 Å². The monoisotopic (exact) mass is 241 g/mol. The summed E-state index contributed by atoms with van der Waals surface area (Å²) >= 11 is 0. The highest BCUT2D eigenvalue weighted by molar-refractivity contribution is 5.70. The van der Waals surface area contributed by atoms with Gasteiger partial charge in [-0.2, -0.15) is 0 Å². The SMILES string of the molecule is CCOC1CC(N2CCC(C(=O)O)CC2C)C1. The van der Waals surface area contributed by atoms with Gasteiger partial charge in [0.1, 0.15) is 0 Å². The molecule has 1 N–H and O–H groups in total. The lowest BCUT2D eigenvalue weighted by molar-refractivity contribution is -0.145. The molecule has 0 bridgehead atoms. The molecule has 0 amide bonds. The lowest BCUT2D eigenvalue weighted by atomic mass is 9.83. The third kappa shape index (κ3) is 2.80. The van der Waals surface area contributed by atoms with E-state index in [4.69, 9.17) is 9.84 Å². The Kier molecular flexibility index (Phi) is 4.05. The van der Waals surface area contributed by atoms with E-state index in [1.54, 1.807) is 0 Å². The van der Waals surface area contributed by atoms with E-state index in [1.807, 2.05) is 6.92 Å². The molecule has 0 aromatic carbocycles. The highest BCUT2D eigenvalue weighted by atomic mass is 16.5. The number of carboxylic acid groups (broad SMARTS) is 1. The Balaban J connectivity index is 1.79. The van der Waals surface area contributed by atoms with Gasteiger partial charge in [-0.1, -0.05) is 0 Å². The number of carboxylic acids is 1. The van der Waals surface area contributed by atoms with Gasteiger partial charge in [-0.15, -0.1) is 0 Å². The second-order valence-corrected chi connectivity index (χ2v) is 5.35. The third-order valence-corrected chi connectivity index (χ3v) is 4.22. The van der Waals surface area contributed by atoms with E-state index in [0.29, 0.717) is 18.2 Å². The number of hydrogen-bond acceptors (Lipinski definition) is 3. The molecule has 1 heterocycles. The first-order valence-corrected chi connectivity index (χ1v) is 6.72. The minimum Gasteiger partial charge on any atom is -0.481 e. The Bertz CT molecular complexity index is 276. The van der Waals surface area contributed by atoms with Crippen molar-refractivity contribution in [2.75, 3.05) is 13.2 Å². The highest BCUT2D eigenvalue weighted by Crippen LogP contribution is 2.34. The Hall–Kier alpha value is -0.610. The molecule has 1 aliphatic heterocycles. The van der Waals surface area contributed by atoms with Crippen molar-refractivity contribution in [1.82, 2.24) is 4.90 Å². The predicted molar refractivity (Wildman–Crippen MR) is 65.0 cm³/mol. The molecule has 98 valence electrons. The molecule has 0 radical (unpaired) electrons. The van der Waals surface area contributed by atoms with Gasteiger partial charge >= 0.3 is 5.97 Å². The fourth-order valence-electron chi connectivity index (χ4n) is 3.14. The van der Waals surface area contributed by atoms with Crippen LogP contribution in [0, 0.1) is 5.92 Å². The molecule has 1 saturated heterocycles. The first-order valence-electron chi connectivity index (χ1n) is 6.72. The third-order valence-electron chi connectivity index (χ3n) is 4.22. The van der Waals surface area contributed by atoms with Crippen molar-refractivity contribution in [3.05, 3.63) is 0 Å². The number of rotatable bonds is 4. The maximum absolute atomic E-state index is 11.0. The molecule has 0 aromatic heterocycles. The number of carbonyl (C=O) groups is 1. The van der Waals surface area contributed by atoms with Gasteiger partial charge in [-0.05, 0) is 46.1 Å². The molecule has 2 atom stereocenters. The molecule has 4 heteroatoms. The summed E-state index contributed by atoms with van der Waals surface area (Å²) in [5.74, 6) is -0.763. The molecular formula is C13H23NO3. The molecule has 0 aromatic rings. The molecule has 2 fully saturated rings. The molecule has 2 rings (SSSR count). The molecular weight excluding hydrogens is 218 g/mol. The zero-order chi connectivity index (χ0) is 12.4. The molecule has 1 saturated carbocycles. The van der Waals surface area contributed by atoms with Crippen LogP contribution >= 0.6 is 0 Å². The first kappa shape index (κ1) is 12.8. The topological polar surface area (TPSA) is 49.8 Å². The van der Waals surface area contributed by atoms with Crippen molar-refractivity contribution in [3.63, 3.8) is 0 Å². The Morgan fingerprint density at radius 1 is 1.41 bits per heavy atom. The van der Waals surface area contributed by atoms with Crippen LogP contribution in [0.25, 0.3) is 0 Å². The maximum Gasteiger partial charge on any atom is 0.306 e. The van der Waals surface area contributed by atoms with Crippen LogP contribution in [0.2, 0.25) is 0 Å². The lowest BCUT2D eigenvalue weighted by Crippen LogP contribution is -2.54. The summed E-state index contributed by atoms with van der Waals surface area (Å²) in [6.45, 7) is 5.92. The van der Waals surface area contributed by atoms with E-state index >= 15 is 0 Å². The normalized spacial score (nSPS) is 38.7. The van der Waals surface area contributed by atoms with E-state index in [2.05, 4.69) is 11.8 Å². The summed E-state index contributed by atoms with van der Waals surface area (Å²) in [5, 5.41) is 9.03. The number of piperidine rings is 1. The molecule has 2 unspecified atom stereocenters. The summed E-state index contributed by atoms with van der Waals surface area (Å²) in [6.07, 6.45) is 4.28. The second kappa shape index (κ2) is 5.36. The summed E-state index contributed by atoms with van der Waals surface area (Å²) in [4.78, 5) is 13.4. The van der Waals surface area contributed by atoms with E-state index in [0.717, 1.165) is 38.8 Å². The van der Waals surface area contributed by atoms with Crippen molar-refractivity contribution in [2.45, 2.75) is 57.7 Å². The zero-order valence-corrected chi connectivity index (χ0v) is 10.8. The van der Waals surface area contributed by atoms with Gasteiger partial charge in [0.15, 0.2) is 0 Å². The average molecular weight is 241 g/mol. The number of nitrogens with zero attached hydrogens (tertiary/aromatic N) is 1. The number of ether oxygens (including phenoxy) is 1. The van der Waals surface area contributed by atoms with Gasteiger partial charge in [-0.3, -0.25) is 9.69 Å². The first-order chi connectivity index (χ1) is 8.11. The van der Waals surface area contributed by atoms with Gasteiger partial charge in [0, 0.05) is 18.7 Å². The van der Waals surface area contributed by atoms with E-state index in [1.165, 1.54) is 0 Å². The maximum atomic E-state index is 11.0. The van der Waals surface area contributed by atoms with Crippen LogP contribution in [-0.4, -0.2) is 47.3 Å². The van der Waals surface area contributed by atoms with E-state index in [9.17, 15) is 4.79 Å². The van der Waals surface area contributed by atoms with Crippen molar-refractivity contribution >= 4 is 5.97 Å². The highest BCUT2D eigenvalue weighted by Gasteiger charge is 2.39. The van der Waals surface area contributed by atoms with Crippen LogP contribution in [-0.2, 0) is 9.53 Å². The van der Waals surface area contributed by atoms with Crippen molar-refractivity contribution in [2.24, 2.45) is 5.92 Å². The second-order valence-electron chi connectivity index (χ2n) is 5.35. The summed E-state index contributed by atoms with van der Waals surface area (Å²) in [6, 6.07) is 1.02. The number of likely N-dealkylation sites (tertiary alicyclic amines) is 1. The summed E-state index contributed by atoms with van der Waals surface area (Å²) in [5.41, 5.74) is 0. The summed E-state index contributed by atoms with van der Waals surface area (Å²) < 4.78 is 5.57. The van der Waals surface area contributed by atoms with Crippen LogP contribution in [0.15, 0.2) is 0 Å². The quantitative estimate of drug-likeness (QED) is 0.814. The molecule has 0 spiro atoms. The van der Waals surface area contributed by atoms with Crippen LogP contribution < -0.4 is 0 Å². The van der Waals surface area contributed by atoms with Crippen molar-refractivity contribution in [3.8, 4) is 0 Å². The zero-order valence-electron chi connectivity index (χ0n) is 10.8. The molecule has 4 nitrogen and oxygen atoms in total. The number of hydrogen-bond donors (Lipinski definition) is 1.